The van der Waals surface area contributed by atoms with Gasteiger partial charge in [0.25, 0.3) is 0 Å². The topological polar surface area (TPSA) is 72.5 Å². The third-order valence-electron chi connectivity index (χ3n) is 6.76. The molecule has 2 heterocycles. The monoisotopic (exact) mass is 474 g/mol. The van der Waals surface area contributed by atoms with E-state index in [-0.39, 0.29) is 0 Å². The van der Waals surface area contributed by atoms with Crippen molar-refractivity contribution in [3.8, 4) is 22.5 Å². The van der Waals surface area contributed by atoms with Gasteiger partial charge in [0, 0.05) is 42.5 Å². The normalized spacial score (nSPS) is 15.1. The fraction of sp³-hybridized carbons (Fsp3) is 0.259. The summed E-state index contributed by atoms with van der Waals surface area (Å²) in [5, 5.41) is 10.2. The molecule has 0 atom stereocenters. The van der Waals surface area contributed by atoms with Gasteiger partial charge in [-0.3, -0.25) is 9.69 Å². The summed E-state index contributed by atoms with van der Waals surface area (Å²) in [6.45, 7) is 6.64. The Labute approximate surface area is 203 Å². The maximum Gasteiger partial charge on any atom is 0.323 e. The molecule has 1 aromatic heterocycles. The highest BCUT2D eigenvalue weighted by Gasteiger charge is 2.36. The number of fused-ring (bicyclic) bond motifs is 1. The second kappa shape index (κ2) is 8.78. The summed E-state index contributed by atoms with van der Waals surface area (Å²) >= 11 is 6.08. The van der Waals surface area contributed by atoms with Crippen molar-refractivity contribution in [1.29, 1.82) is 0 Å². The molecule has 1 saturated heterocycles. The van der Waals surface area contributed by atoms with Crippen molar-refractivity contribution < 1.29 is 9.90 Å². The summed E-state index contributed by atoms with van der Waals surface area (Å²) in [5.74, 6) is 0.0467. The summed E-state index contributed by atoms with van der Waals surface area (Å²) < 4.78 is 0. The van der Waals surface area contributed by atoms with Gasteiger partial charge in [0.05, 0.1) is 11.0 Å². The van der Waals surface area contributed by atoms with Crippen LogP contribution in [0.5, 0.6) is 0 Å². The predicted octanol–water partition coefficient (Wildman–Crippen LogP) is 5.54. The van der Waals surface area contributed by atoms with Crippen LogP contribution in [-0.2, 0) is 4.79 Å². The Hall–Kier alpha value is -3.35. The van der Waals surface area contributed by atoms with Crippen molar-refractivity contribution >= 4 is 34.3 Å². The number of aromatic nitrogens is 2. The van der Waals surface area contributed by atoms with E-state index in [4.69, 9.17) is 11.6 Å². The van der Waals surface area contributed by atoms with E-state index in [9.17, 15) is 9.90 Å². The van der Waals surface area contributed by atoms with Gasteiger partial charge in [-0.1, -0.05) is 48.0 Å². The number of H-pyrrole nitrogens is 1. The van der Waals surface area contributed by atoms with Gasteiger partial charge in [0.15, 0.2) is 0 Å². The van der Waals surface area contributed by atoms with Gasteiger partial charge in [-0.05, 0) is 55.3 Å². The maximum absolute atomic E-state index is 11.5. The van der Waals surface area contributed by atoms with E-state index in [1.807, 2.05) is 23.1 Å². The standard InChI is InChI=1S/C27H27ClN4O2/c1-27(2,26(33)34)32-15-13-31(14-16-32)22-10-7-19(8-11-22)18-3-5-20(6-4-18)25-29-23-12-9-21(28)17-24(23)30-25/h3-12,17H,13-16H2,1-2H3,(H,29,30)(H,33,34). The third kappa shape index (κ3) is 4.27. The van der Waals surface area contributed by atoms with Crippen molar-refractivity contribution in [3.05, 3.63) is 71.8 Å². The largest absolute Gasteiger partial charge is 0.480 e. The Bertz CT molecular complexity index is 1320. The number of piperazine rings is 1. The van der Waals surface area contributed by atoms with Crippen molar-refractivity contribution in [2.24, 2.45) is 0 Å². The predicted molar refractivity (Wildman–Crippen MR) is 137 cm³/mol. The lowest BCUT2D eigenvalue weighted by atomic mass is 10.0. The molecule has 34 heavy (non-hydrogen) atoms. The van der Waals surface area contributed by atoms with E-state index in [0.717, 1.165) is 65.4 Å². The molecule has 2 N–H and O–H groups in total. The summed E-state index contributed by atoms with van der Waals surface area (Å²) in [5.41, 5.74) is 5.46. The van der Waals surface area contributed by atoms with E-state index >= 15 is 0 Å². The summed E-state index contributed by atoms with van der Waals surface area (Å²) in [6, 6.07) is 22.6. The molecular formula is C27H27ClN4O2. The number of hydrogen-bond acceptors (Lipinski definition) is 4. The summed E-state index contributed by atoms with van der Waals surface area (Å²) in [7, 11) is 0. The number of rotatable bonds is 5. The molecule has 0 saturated carbocycles. The third-order valence-corrected chi connectivity index (χ3v) is 7.00. The Morgan fingerprint density at radius 3 is 2.12 bits per heavy atom. The van der Waals surface area contributed by atoms with Gasteiger partial charge in [-0.15, -0.1) is 0 Å². The average Bonchev–Trinajstić information content (AvgIpc) is 3.27. The lowest BCUT2D eigenvalue weighted by Gasteiger charge is -2.42. The van der Waals surface area contributed by atoms with Crippen LogP contribution >= 0.6 is 11.6 Å². The minimum absolute atomic E-state index is 0.687. The zero-order valence-electron chi connectivity index (χ0n) is 19.3. The van der Waals surface area contributed by atoms with Gasteiger partial charge >= 0.3 is 5.97 Å². The van der Waals surface area contributed by atoms with Crippen LogP contribution in [0, 0.1) is 0 Å². The van der Waals surface area contributed by atoms with E-state index < -0.39 is 11.5 Å². The molecule has 4 aromatic rings. The maximum atomic E-state index is 11.5. The number of nitrogens with zero attached hydrogens (tertiary/aromatic N) is 3. The lowest BCUT2D eigenvalue weighted by molar-refractivity contribution is -0.149. The zero-order valence-corrected chi connectivity index (χ0v) is 20.0. The van der Waals surface area contributed by atoms with E-state index in [0.29, 0.717) is 5.02 Å². The van der Waals surface area contributed by atoms with Crippen LogP contribution in [0.15, 0.2) is 66.7 Å². The van der Waals surface area contributed by atoms with Gasteiger partial charge in [0.1, 0.15) is 11.4 Å². The number of imidazole rings is 1. The molecule has 0 aliphatic carbocycles. The first kappa shape index (κ1) is 22.4. The van der Waals surface area contributed by atoms with Crippen LogP contribution in [0.4, 0.5) is 5.69 Å². The highest BCUT2D eigenvalue weighted by atomic mass is 35.5. The number of nitrogens with one attached hydrogen (secondary N) is 1. The molecular weight excluding hydrogens is 448 g/mol. The van der Waals surface area contributed by atoms with Crippen LogP contribution in [0.25, 0.3) is 33.5 Å². The lowest BCUT2D eigenvalue weighted by Crippen LogP contribution is -2.58. The average molecular weight is 475 g/mol. The fourth-order valence-corrected chi connectivity index (χ4v) is 4.63. The van der Waals surface area contributed by atoms with Crippen LogP contribution in [0.1, 0.15) is 13.8 Å². The molecule has 0 amide bonds. The minimum Gasteiger partial charge on any atom is -0.480 e. The molecule has 1 fully saturated rings. The van der Waals surface area contributed by atoms with Gasteiger partial charge < -0.3 is 15.0 Å². The number of aliphatic carboxylic acids is 1. The first-order chi connectivity index (χ1) is 16.3. The SMILES string of the molecule is CC(C)(C(=O)O)N1CCN(c2ccc(-c3ccc(-c4nc5ccc(Cl)cc5[nH]4)cc3)cc2)CC1. The summed E-state index contributed by atoms with van der Waals surface area (Å²) in [6.07, 6.45) is 0. The minimum atomic E-state index is -0.836. The van der Waals surface area contributed by atoms with E-state index in [1.54, 1.807) is 13.8 Å². The first-order valence-corrected chi connectivity index (χ1v) is 11.8. The second-order valence-electron chi connectivity index (χ2n) is 9.21. The number of carboxylic acids is 1. The van der Waals surface area contributed by atoms with Crippen LogP contribution < -0.4 is 4.90 Å². The highest BCUT2D eigenvalue weighted by molar-refractivity contribution is 6.31. The van der Waals surface area contributed by atoms with Gasteiger partial charge in [-0.25, -0.2) is 4.98 Å². The molecule has 6 nitrogen and oxygen atoms in total. The molecule has 0 spiro atoms. The molecule has 1 aliphatic heterocycles. The van der Waals surface area contributed by atoms with Crippen molar-refractivity contribution in [3.63, 3.8) is 0 Å². The quantitative estimate of drug-likeness (QED) is 0.397. The molecule has 3 aromatic carbocycles. The van der Waals surface area contributed by atoms with Crippen molar-refractivity contribution in [2.45, 2.75) is 19.4 Å². The highest BCUT2D eigenvalue weighted by Crippen LogP contribution is 2.28. The molecule has 0 unspecified atom stereocenters. The Morgan fingerprint density at radius 2 is 1.50 bits per heavy atom. The summed E-state index contributed by atoms with van der Waals surface area (Å²) in [4.78, 5) is 23.9. The number of hydrogen-bond donors (Lipinski definition) is 2. The molecule has 0 bridgehead atoms. The Balaban J connectivity index is 1.27. The van der Waals surface area contributed by atoms with Gasteiger partial charge in [0.2, 0.25) is 0 Å². The van der Waals surface area contributed by atoms with Crippen LogP contribution in [-0.4, -0.2) is 57.7 Å². The number of halogens is 1. The first-order valence-electron chi connectivity index (χ1n) is 11.4. The van der Waals surface area contributed by atoms with E-state index in [1.165, 1.54) is 0 Å². The molecule has 5 rings (SSSR count). The number of benzene rings is 3. The molecule has 0 radical (unpaired) electrons. The number of carboxylic acid groups (broad SMARTS) is 1. The molecule has 174 valence electrons. The van der Waals surface area contributed by atoms with Crippen molar-refractivity contribution in [1.82, 2.24) is 14.9 Å². The van der Waals surface area contributed by atoms with Crippen molar-refractivity contribution in [2.75, 3.05) is 31.1 Å². The van der Waals surface area contributed by atoms with Gasteiger partial charge in [-0.2, -0.15) is 0 Å². The molecule has 7 heteroatoms. The Kier molecular flexibility index (Phi) is 5.80. The van der Waals surface area contributed by atoms with E-state index in [2.05, 4.69) is 63.4 Å². The number of aromatic amines is 1. The number of carbonyl (C=O) groups is 1. The molecule has 1 aliphatic rings. The second-order valence-corrected chi connectivity index (χ2v) is 9.65. The zero-order chi connectivity index (χ0) is 23.9. The smallest absolute Gasteiger partial charge is 0.323 e. The Morgan fingerprint density at radius 1 is 0.912 bits per heavy atom. The van der Waals surface area contributed by atoms with Crippen LogP contribution in [0.3, 0.4) is 0 Å². The van der Waals surface area contributed by atoms with Crippen LogP contribution in [0.2, 0.25) is 5.02 Å². The fourth-order valence-electron chi connectivity index (χ4n) is 4.46. The number of anilines is 1.